The van der Waals surface area contributed by atoms with Crippen LogP contribution in [0.2, 0.25) is 0 Å². The van der Waals surface area contributed by atoms with E-state index < -0.39 is 0 Å². The molecule has 0 aliphatic carbocycles. The number of phenols is 1. The number of phenolic OH excluding ortho intramolecular Hbond substituents is 1. The Labute approximate surface area is 94.4 Å². The Bertz CT molecular complexity index is 291. The summed E-state index contributed by atoms with van der Waals surface area (Å²) in [7, 11) is 0. The molecule has 13 heavy (non-hydrogen) atoms. The predicted octanol–water partition coefficient (Wildman–Crippen LogP) is 3.33. The van der Waals surface area contributed by atoms with Crippen molar-refractivity contribution in [1.82, 2.24) is 0 Å². The van der Waals surface area contributed by atoms with Gasteiger partial charge in [0.25, 0.3) is 0 Å². The molecule has 0 spiro atoms. The minimum absolute atomic E-state index is 0.0215. The van der Waals surface area contributed by atoms with Gasteiger partial charge in [-0.25, -0.2) is 0 Å². The highest BCUT2D eigenvalue weighted by atomic mass is 79.9. The van der Waals surface area contributed by atoms with Crippen LogP contribution in [0.4, 0.5) is 0 Å². The Morgan fingerprint density at radius 2 is 1.85 bits per heavy atom. The smallest absolute Gasteiger partial charge is 0.143 e. The lowest BCUT2D eigenvalue weighted by Gasteiger charge is -2.11. The molecule has 0 unspecified atom stereocenters. The maximum Gasteiger partial charge on any atom is 0.143 e. The summed E-state index contributed by atoms with van der Waals surface area (Å²) in [5.74, 6) is 0.215. The summed E-state index contributed by atoms with van der Waals surface area (Å²) in [6, 6.07) is 3.70. The minimum Gasteiger partial charge on any atom is -0.506 e. The molecule has 0 aromatic heterocycles. The first-order chi connectivity index (χ1) is 6.06. The highest BCUT2D eigenvalue weighted by molar-refractivity contribution is 9.11. The van der Waals surface area contributed by atoms with Crippen LogP contribution in [0, 0.1) is 0 Å². The van der Waals surface area contributed by atoms with Gasteiger partial charge < -0.3 is 10.8 Å². The van der Waals surface area contributed by atoms with Crippen molar-refractivity contribution in [3.8, 4) is 5.75 Å². The van der Waals surface area contributed by atoms with Crippen LogP contribution >= 0.6 is 31.9 Å². The monoisotopic (exact) mass is 307 g/mol. The van der Waals surface area contributed by atoms with Gasteiger partial charge in [0, 0.05) is 6.04 Å². The summed E-state index contributed by atoms with van der Waals surface area (Å²) in [5.41, 5.74) is 6.87. The molecule has 1 atom stereocenters. The molecule has 0 aliphatic heterocycles. The highest BCUT2D eigenvalue weighted by Gasteiger charge is 2.09. The van der Waals surface area contributed by atoms with Gasteiger partial charge in [-0.2, -0.15) is 0 Å². The van der Waals surface area contributed by atoms with Gasteiger partial charge >= 0.3 is 0 Å². The second-order valence-electron chi connectivity index (χ2n) is 2.85. The molecule has 0 amide bonds. The summed E-state index contributed by atoms with van der Waals surface area (Å²) in [6.45, 7) is 2.03. The van der Waals surface area contributed by atoms with Gasteiger partial charge in [-0.1, -0.05) is 6.92 Å². The van der Waals surface area contributed by atoms with Crippen LogP contribution in [0.15, 0.2) is 21.1 Å². The van der Waals surface area contributed by atoms with E-state index in [4.69, 9.17) is 5.73 Å². The molecule has 1 rings (SSSR count). The van der Waals surface area contributed by atoms with Gasteiger partial charge in [0.2, 0.25) is 0 Å². The average molecular weight is 309 g/mol. The highest BCUT2D eigenvalue weighted by Crippen LogP contribution is 2.35. The van der Waals surface area contributed by atoms with E-state index in [1.807, 2.05) is 19.1 Å². The maximum atomic E-state index is 9.45. The molecule has 3 N–H and O–H groups in total. The van der Waals surface area contributed by atoms with Gasteiger partial charge in [0.15, 0.2) is 0 Å². The summed E-state index contributed by atoms with van der Waals surface area (Å²) < 4.78 is 1.33. The summed E-state index contributed by atoms with van der Waals surface area (Å²) >= 11 is 6.52. The van der Waals surface area contributed by atoms with Crippen LogP contribution in [0.3, 0.4) is 0 Å². The first-order valence-corrected chi connectivity index (χ1v) is 5.58. The van der Waals surface area contributed by atoms with Crippen molar-refractivity contribution in [2.45, 2.75) is 19.4 Å². The molecule has 4 heteroatoms. The molecule has 1 aromatic rings. The Hall–Kier alpha value is -0.0600. The van der Waals surface area contributed by atoms with Crippen molar-refractivity contribution >= 4 is 31.9 Å². The van der Waals surface area contributed by atoms with Crippen LogP contribution < -0.4 is 5.73 Å². The third-order valence-electron chi connectivity index (χ3n) is 1.91. The van der Waals surface area contributed by atoms with Crippen LogP contribution in [0.1, 0.15) is 24.9 Å². The third-order valence-corrected chi connectivity index (χ3v) is 3.12. The number of benzene rings is 1. The van der Waals surface area contributed by atoms with Crippen molar-refractivity contribution < 1.29 is 5.11 Å². The normalized spacial score (nSPS) is 12.9. The molecule has 0 heterocycles. The van der Waals surface area contributed by atoms with Crippen molar-refractivity contribution in [2.75, 3.05) is 0 Å². The second kappa shape index (κ2) is 4.44. The fourth-order valence-corrected chi connectivity index (χ4v) is 2.26. The van der Waals surface area contributed by atoms with E-state index in [0.29, 0.717) is 8.95 Å². The zero-order valence-electron chi connectivity index (χ0n) is 7.22. The molecular weight excluding hydrogens is 298 g/mol. The number of halogens is 2. The fourth-order valence-electron chi connectivity index (χ4n) is 1.03. The van der Waals surface area contributed by atoms with E-state index in [-0.39, 0.29) is 11.8 Å². The average Bonchev–Trinajstić information content (AvgIpc) is 2.12. The molecule has 0 aliphatic rings. The molecule has 72 valence electrons. The van der Waals surface area contributed by atoms with Crippen molar-refractivity contribution in [2.24, 2.45) is 5.73 Å². The quantitative estimate of drug-likeness (QED) is 0.880. The van der Waals surface area contributed by atoms with E-state index in [9.17, 15) is 5.11 Å². The Kier molecular flexibility index (Phi) is 3.76. The number of rotatable bonds is 2. The van der Waals surface area contributed by atoms with E-state index in [0.717, 1.165) is 12.0 Å². The fraction of sp³-hybridized carbons (Fsp3) is 0.333. The SMILES string of the molecule is CC[C@@H](N)c1cc(Br)c(O)c(Br)c1. The van der Waals surface area contributed by atoms with E-state index in [2.05, 4.69) is 31.9 Å². The van der Waals surface area contributed by atoms with Crippen molar-refractivity contribution in [3.05, 3.63) is 26.6 Å². The minimum atomic E-state index is 0.0215. The van der Waals surface area contributed by atoms with Crippen LogP contribution in [-0.4, -0.2) is 5.11 Å². The topological polar surface area (TPSA) is 46.2 Å². The lowest BCUT2D eigenvalue weighted by Crippen LogP contribution is -2.08. The van der Waals surface area contributed by atoms with Gasteiger partial charge in [-0.15, -0.1) is 0 Å². The number of hydrogen-bond acceptors (Lipinski definition) is 2. The lowest BCUT2D eigenvalue weighted by molar-refractivity contribution is 0.468. The Morgan fingerprint density at radius 1 is 1.38 bits per heavy atom. The number of hydrogen-bond donors (Lipinski definition) is 2. The molecule has 0 bridgehead atoms. The lowest BCUT2D eigenvalue weighted by atomic mass is 10.1. The molecule has 1 aromatic carbocycles. The van der Waals surface area contributed by atoms with E-state index in [1.54, 1.807) is 0 Å². The molecule has 2 nitrogen and oxygen atoms in total. The van der Waals surface area contributed by atoms with E-state index in [1.165, 1.54) is 0 Å². The molecule has 0 radical (unpaired) electrons. The standard InChI is InChI=1S/C9H11Br2NO/c1-2-8(12)5-3-6(10)9(13)7(11)4-5/h3-4,8,13H,2,12H2,1H3/t8-/m1/s1. The zero-order valence-corrected chi connectivity index (χ0v) is 10.4. The first-order valence-electron chi connectivity index (χ1n) is 3.99. The van der Waals surface area contributed by atoms with Crippen LogP contribution in [-0.2, 0) is 0 Å². The molecule has 0 fully saturated rings. The Balaban J connectivity index is 3.13. The van der Waals surface area contributed by atoms with Gasteiger partial charge in [-0.3, -0.25) is 0 Å². The number of aromatic hydroxyl groups is 1. The largest absolute Gasteiger partial charge is 0.506 e. The molecule has 0 saturated heterocycles. The van der Waals surface area contributed by atoms with Crippen LogP contribution in [0.5, 0.6) is 5.75 Å². The van der Waals surface area contributed by atoms with Crippen molar-refractivity contribution in [1.29, 1.82) is 0 Å². The van der Waals surface area contributed by atoms with Crippen LogP contribution in [0.25, 0.3) is 0 Å². The maximum absolute atomic E-state index is 9.45. The van der Waals surface area contributed by atoms with Crippen molar-refractivity contribution in [3.63, 3.8) is 0 Å². The third kappa shape index (κ3) is 2.45. The van der Waals surface area contributed by atoms with Gasteiger partial charge in [-0.05, 0) is 56.0 Å². The second-order valence-corrected chi connectivity index (χ2v) is 4.56. The summed E-state index contributed by atoms with van der Waals surface area (Å²) in [5, 5.41) is 9.45. The summed E-state index contributed by atoms with van der Waals surface area (Å²) in [6.07, 6.45) is 0.879. The Morgan fingerprint density at radius 3 is 2.23 bits per heavy atom. The predicted molar refractivity (Wildman–Crippen MR) is 60.7 cm³/mol. The van der Waals surface area contributed by atoms with E-state index >= 15 is 0 Å². The first kappa shape index (κ1) is 11.0. The van der Waals surface area contributed by atoms with Gasteiger partial charge in [0.1, 0.15) is 5.75 Å². The molecule has 0 saturated carbocycles. The summed E-state index contributed by atoms with van der Waals surface area (Å²) in [4.78, 5) is 0. The molecular formula is C9H11Br2NO. The van der Waals surface area contributed by atoms with Gasteiger partial charge in [0.05, 0.1) is 8.95 Å². The number of nitrogens with two attached hydrogens (primary N) is 1. The zero-order chi connectivity index (χ0) is 10.0.